The molecule has 0 bridgehead atoms. The normalized spacial score (nSPS) is 21.8. The molecule has 0 radical (unpaired) electrons. The van der Waals surface area contributed by atoms with Gasteiger partial charge in [-0.2, -0.15) is 0 Å². The molecule has 3 aliphatic rings. The maximum absolute atomic E-state index is 12.4. The average Bonchev–Trinajstić information content (AvgIpc) is 3.33. The van der Waals surface area contributed by atoms with E-state index in [4.69, 9.17) is 0 Å². The van der Waals surface area contributed by atoms with Gasteiger partial charge in [0.05, 0.1) is 0 Å². The molecule has 0 saturated carbocycles. The van der Waals surface area contributed by atoms with E-state index in [1.54, 1.807) is 6.08 Å². The van der Waals surface area contributed by atoms with Gasteiger partial charge in [-0.1, -0.05) is 12.1 Å². The van der Waals surface area contributed by atoms with Gasteiger partial charge in [-0.15, -0.1) is 0 Å². The molecule has 26 heavy (non-hydrogen) atoms. The Balaban J connectivity index is 1.49. The van der Waals surface area contributed by atoms with Crippen LogP contribution in [0.25, 0.3) is 0 Å². The third-order valence-electron chi connectivity index (χ3n) is 5.53. The first-order chi connectivity index (χ1) is 12.5. The molecule has 6 nitrogen and oxygen atoms in total. The van der Waals surface area contributed by atoms with Crippen LogP contribution in [0, 0.1) is 0 Å². The second kappa shape index (κ2) is 7.04. The number of amides is 2. The summed E-state index contributed by atoms with van der Waals surface area (Å²) < 4.78 is 26.5. The van der Waals surface area contributed by atoms with Crippen LogP contribution >= 0.6 is 0 Å². The second-order valence-corrected chi connectivity index (χ2v) is 8.93. The Morgan fingerprint density at radius 2 is 1.77 bits per heavy atom. The van der Waals surface area contributed by atoms with E-state index in [1.807, 2.05) is 0 Å². The van der Waals surface area contributed by atoms with E-state index in [0.29, 0.717) is 0 Å². The number of nitrogens with one attached hydrogen (secondary N) is 3. The molecule has 2 amide bonds. The van der Waals surface area contributed by atoms with Crippen LogP contribution in [0.5, 0.6) is 0 Å². The molecule has 4 rings (SSSR count). The molecule has 1 aromatic carbocycles. The number of hydrogen-bond donors (Lipinski definition) is 3. The number of rotatable bonds is 4. The molecule has 0 aromatic heterocycles. The number of carbonyl (C=O) groups is 1. The van der Waals surface area contributed by atoms with Crippen molar-refractivity contribution in [2.75, 3.05) is 11.9 Å². The fourth-order valence-electron chi connectivity index (χ4n) is 4.34. The van der Waals surface area contributed by atoms with E-state index in [2.05, 4.69) is 21.4 Å². The van der Waals surface area contributed by atoms with Crippen LogP contribution in [-0.4, -0.2) is 27.0 Å². The summed E-state index contributed by atoms with van der Waals surface area (Å²) in [5.74, 6) is 0. The van der Waals surface area contributed by atoms with Gasteiger partial charge in [0.1, 0.15) is 0 Å². The molecule has 2 aliphatic carbocycles. The predicted octanol–water partition coefficient (Wildman–Crippen LogP) is 2.38. The molecule has 1 heterocycles. The number of fused-ring (bicyclic) bond motifs is 2. The summed E-state index contributed by atoms with van der Waals surface area (Å²) in [4.78, 5) is 12.4. The van der Waals surface area contributed by atoms with Crippen molar-refractivity contribution < 1.29 is 13.2 Å². The van der Waals surface area contributed by atoms with Gasteiger partial charge in [-0.25, -0.2) is 17.9 Å². The molecular weight excluding hydrogens is 350 g/mol. The van der Waals surface area contributed by atoms with E-state index in [-0.39, 0.29) is 6.04 Å². The van der Waals surface area contributed by atoms with Crippen molar-refractivity contribution in [2.24, 2.45) is 0 Å². The zero-order valence-electron chi connectivity index (χ0n) is 14.8. The number of benzene rings is 1. The standard InChI is InChI=1S/C19H25N3O3S/c23-19(22-26(24,25)11-9-15-6-3-10-20-15)21-18-16-7-1-4-13(16)12-14-5-2-8-17(14)18/h9,11-12,15,20H,1-8,10H2,(H2,21,22,23). The highest BCUT2D eigenvalue weighted by molar-refractivity contribution is 7.92. The van der Waals surface area contributed by atoms with Gasteiger partial charge in [0.15, 0.2) is 0 Å². The van der Waals surface area contributed by atoms with E-state index in [1.165, 1.54) is 22.3 Å². The average molecular weight is 375 g/mol. The molecule has 1 unspecified atom stereocenters. The first-order valence-corrected chi connectivity index (χ1v) is 11.0. The van der Waals surface area contributed by atoms with Crippen molar-refractivity contribution in [3.63, 3.8) is 0 Å². The number of aryl methyl sites for hydroxylation is 2. The molecule has 1 atom stereocenters. The molecule has 0 spiro atoms. The summed E-state index contributed by atoms with van der Waals surface area (Å²) in [5, 5.41) is 7.14. The summed E-state index contributed by atoms with van der Waals surface area (Å²) >= 11 is 0. The lowest BCUT2D eigenvalue weighted by Gasteiger charge is -2.16. The first-order valence-electron chi connectivity index (χ1n) is 9.44. The van der Waals surface area contributed by atoms with E-state index < -0.39 is 16.1 Å². The Bertz CT molecular complexity index is 823. The topological polar surface area (TPSA) is 87.3 Å². The van der Waals surface area contributed by atoms with Crippen molar-refractivity contribution in [2.45, 2.75) is 57.4 Å². The molecule has 1 fully saturated rings. The van der Waals surface area contributed by atoms with Crippen LogP contribution < -0.4 is 15.4 Å². The van der Waals surface area contributed by atoms with Gasteiger partial charge < -0.3 is 10.6 Å². The summed E-state index contributed by atoms with van der Waals surface area (Å²) in [6.07, 6.45) is 9.70. The second-order valence-electron chi connectivity index (χ2n) is 7.37. The summed E-state index contributed by atoms with van der Waals surface area (Å²) in [7, 11) is -3.80. The Morgan fingerprint density at radius 3 is 2.38 bits per heavy atom. The lowest BCUT2D eigenvalue weighted by molar-refractivity contribution is 0.256. The summed E-state index contributed by atoms with van der Waals surface area (Å²) in [6, 6.07) is 1.67. The van der Waals surface area contributed by atoms with Crippen LogP contribution in [0.2, 0.25) is 0 Å². The van der Waals surface area contributed by atoms with E-state index in [9.17, 15) is 13.2 Å². The maximum Gasteiger partial charge on any atom is 0.333 e. The van der Waals surface area contributed by atoms with Gasteiger partial charge >= 0.3 is 6.03 Å². The molecular formula is C19H25N3O3S. The zero-order chi connectivity index (χ0) is 18.1. The Morgan fingerprint density at radius 1 is 1.08 bits per heavy atom. The minimum atomic E-state index is -3.80. The maximum atomic E-state index is 12.4. The lowest BCUT2D eigenvalue weighted by Crippen LogP contribution is -2.34. The molecule has 1 aromatic rings. The van der Waals surface area contributed by atoms with Crippen molar-refractivity contribution in [1.82, 2.24) is 10.0 Å². The van der Waals surface area contributed by atoms with Crippen LogP contribution in [0.15, 0.2) is 17.6 Å². The molecule has 7 heteroatoms. The largest absolute Gasteiger partial charge is 0.333 e. The highest BCUT2D eigenvalue weighted by Crippen LogP contribution is 2.38. The van der Waals surface area contributed by atoms with Crippen LogP contribution in [0.1, 0.15) is 47.9 Å². The van der Waals surface area contributed by atoms with Crippen LogP contribution in [0.3, 0.4) is 0 Å². The third kappa shape index (κ3) is 3.64. The predicted molar refractivity (Wildman–Crippen MR) is 102 cm³/mol. The van der Waals surface area contributed by atoms with Gasteiger partial charge in [-0.3, -0.25) is 0 Å². The minimum Gasteiger partial charge on any atom is -0.310 e. The zero-order valence-corrected chi connectivity index (χ0v) is 15.6. The van der Waals surface area contributed by atoms with Crippen molar-refractivity contribution >= 4 is 21.7 Å². The van der Waals surface area contributed by atoms with Crippen molar-refractivity contribution in [3.05, 3.63) is 39.8 Å². The Labute approximate surface area is 154 Å². The van der Waals surface area contributed by atoms with Gasteiger partial charge in [-0.05, 0) is 80.2 Å². The minimum absolute atomic E-state index is 0.0651. The molecule has 140 valence electrons. The Kier molecular flexibility index (Phi) is 4.75. The van der Waals surface area contributed by atoms with Gasteiger partial charge in [0, 0.05) is 17.1 Å². The van der Waals surface area contributed by atoms with Crippen molar-refractivity contribution in [3.8, 4) is 0 Å². The fourth-order valence-corrected chi connectivity index (χ4v) is 5.12. The van der Waals surface area contributed by atoms with Gasteiger partial charge in [0.2, 0.25) is 0 Å². The number of anilines is 1. The SMILES string of the molecule is O=C(Nc1c2c(cc3c1CCC3)CCC2)NS(=O)(=O)C=CC1CCCN1. The molecule has 3 N–H and O–H groups in total. The van der Waals surface area contributed by atoms with Gasteiger partial charge in [0.25, 0.3) is 10.0 Å². The summed E-state index contributed by atoms with van der Waals surface area (Å²) in [5.41, 5.74) is 5.82. The van der Waals surface area contributed by atoms with Crippen LogP contribution in [-0.2, 0) is 35.7 Å². The smallest absolute Gasteiger partial charge is 0.310 e. The fraction of sp³-hybridized carbons (Fsp3) is 0.526. The quantitative estimate of drug-likeness (QED) is 0.754. The highest BCUT2D eigenvalue weighted by Gasteiger charge is 2.25. The third-order valence-corrected chi connectivity index (χ3v) is 6.52. The van der Waals surface area contributed by atoms with E-state index in [0.717, 1.165) is 69.0 Å². The lowest BCUT2D eigenvalue weighted by atomic mass is 9.99. The monoisotopic (exact) mass is 375 g/mol. The van der Waals surface area contributed by atoms with Crippen LogP contribution in [0.4, 0.5) is 10.5 Å². The summed E-state index contributed by atoms with van der Waals surface area (Å²) in [6.45, 7) is 0.896. The number of carbonyl (C=O) groups excluding carboxylic acids is 1. The van der Waals surface area contributed by atoms with E-state index >= 15 is 0 Å². The Hall–Kier alpha value is -1.86. The number of urea groups is 1. The highest BCUT2D eigenvalue weighted by atomic mass is 32.2. The molecule has 1 saturated heterocycles. The molecule has 1 aliphatic heterocycles. The first kappa shape index (κ1) is 17.5. The van der Waals surface area contributed by atoms with Crippen molar-refractivity contribution in [1.29, 1.82) is 0 Å². The number of sulfonamides is 1. The number of hydrogen-bond acceptors (Lipinski definition) is 4.